The van der Waals surface area contributed by atoms with Crippen molar-refractivity contribution in [2.75, 3.05) is 18.1 Å². The van der Waals surface area contributed by atoms with Crippen molar-refractivity contribution in [3.05, 3.63) is 46.5 Å². The second kappa shape index (κ2) is 7.39. The summed E-state index contributed by atoms with van der Waals surface area (Å²) in [6.45, 7) is -0.292. The molecule has 0 spiro atoms. The standard InChI is InChI=1S/C17H17N6O8P/c18-8-4-2-1-3-7(8)16(25)30-12-11-9(5-28-32(26,27)31-11)29-15(12)23-6-20-10-13(23)21-17(19)22-14(10)24/h1-4,6,9,11-12,15H,5,18H2,(H,26,27)(H3,19,21,22,24)/t9-,11-,12-,15-/m1/s1. The molecule has 2 saturated heterocycles. The van der Waals surface area contributed by atoms with Gasteiger partial charge in [0.2, 0.25) is 5.95 Å². The van der Waals surface area contributed by atoms with Crippen LogP contribution in [0.25, 0.3) is 11.2 Å². The van der Waals surface area contributed by atoms with Crippen molar-refractivity contribution in [1.29, 1.82) is 0 Å². The van der Waals surface area contributed by atoms with Crippen LogP contribution in [0.4, 0.5) is 11.6 Å². The van der Waals surface area contributed by atoms with E-state index in [9.17, 15) is 19.0 Å². The number of aromatic amines is 1. The average molecular weight is 464 g/mol. The first kappa shape index (κ1) is 20.6. The van der Waals surface area contributed by atoms with Crippen LogP contribution in [0.3, 0.4) is 0 Å². The molecular weight excluding hydrogens is 447 g/mol. The minimum atomic E-state index is -4.40. The van der Waals surface area contributed by atoms with Crippen molar-refractivity contribution in [3.8, 4) is 0 Å². The Hall–Kier alpha value is -3.29. The topological polar surface area (TPSA) is 207 Å². The van der Waals surface area contributed by atoms with Gasteiger partial charge in [0.05, 0.1) is 18.5 Å². The van der Waals surface area contributed by atoms with E-state index < -0.39 is 43.9 Å². The number of anilines is 2. The lowest BCUT2D eigenvalue weighted by molar-refractivity contribution is -0.0666. The summed E-state index contributed by atoms with van der Waals surface area (Å²) in [5.41, 5.74) is 11.2. The first-order valence-corrected chi connectivity index (χ1v) is 10.8. The summed E-state index contributed by atoms with van der Waals surface area (Å²) in [6, 6.07) is 6.25. The fourth-order valence-electron chi connectivity index (χ4n) is 3.67. The van der Waals surface area contributed by atoms with Crippen molar-refractivity contribution in [3.63, 3.8) is 0 Å². The van der Waals surface area contributed by atoms with Gasteiger partial charge < -0.3 is 25.8 Å². The third kappa shape index (κ3) is 3.43. The minimum absolute atomic E-state index is 0.0277. The van der Waals surface area contributed by atoms with E-state index in [1.165, 1.54) is 23.0 Å². The first-order chi connectivity index (χ1) is 15.2. The lowest BCUT2D eigenvalue weighted by Gasteiger charge is -2.29. The SMILES string of the molecule is Nc1nc2c(ncn2[C@@H]2O[C@@H]3COP(=O)(O)O[C@H]3[C@H]2OC(=O)c2ccccc2N)c(=O)[nH]1. The molecule has 2 aromatic heterocycles. The maximum atomic E-state index is 12.9. The number of ether oxygens (including phenoxy) is 2. The van der Waals surface area contributed by atoms with E-state index in [-0.39, 0.29) is 35.0 Å². The molecule has 0 radical (unpaired) electrons. The maximum absolute atomic E-state index is 12.9. The Morgan fingerprint density at radius 2 is 2.12 bits per heavy atom. The molecule has 168 valence electrons. The Kier molecular flexibility index (Phi) is 4.76. The van der Waals surface area contributed by atoms with Crippen molar-refractivity contribution < 1.29 is 32.8 Å². The van der Waals surface area contributed by atoms with Gasteiger partial charge in [-0.15, -0.1) is 0 Å². The summed E-state index contributed by atoms with van der Waals surface area (Å²) in [4.78, 5) is 45.2. The van der Waals surface area contributed by atoms with E-state index in [1.54, 1.807) is 12.1 Å². The molecule has 32 heavy (non-hydrogen) atoms. The number of para-hydroxylation sites is 1. The molecule has 0 amide bonds. The van der Waals surface area contributed by atoms with Crippen LogP contribution in [0.1, 0.15) is 16.6 Å². The Morgan fingerprint density at radius 3 is 2.91 bits per heavy atom. The molecule has 2 aliphatic rings. The number of H-pyrrole nitrogens is 1. The number of benzene rings is 1. The number of carbonyl (C=O) groups is 1. The van der Waals surface area contributed by atoms with E-state index in [1.807, 2.05) is 0 Å². The molecule has 0 aliphatic carbocycles. The number of aromatic nitrogens is 4. The summed E-state index contributed by atoms with van der Waals surface area (Å²) in [7, 11) is -4.40. The number of imidazole rings is 1. The van der Waals surface area contributed by atoms with E-state index in [4.69, 9.17) is 30.0 Å². The number of fused-ring (bicyclic) bond motifs is 2. The van der Waals surface area contributed by atoms with Crippen LogP contribution in [0.15, 0.2) is 35.4 Å². The van der Waals surface area contributed by atoms with E-state index >= 15 is 0 Å². The lowest BCUT2D eigenvalue weighted by Crippen LogP contribution is -2.41. The van der Waals surface area contributed by atoms with Gasteiger partial charge in [0.1, 0.15) is 12.2 Å². The summed E-state index contributed by atoms with van der Waals surface area (Å²) in [6.07, 6.45) is -3.13. The molecule has 0 saturated carbocycles. The zero-order valence-corrected chi connectivity index (χ0v) is 17.0. The predicted octanol–water partition coefficient (Wildman–Crippen LogP) is -0.0772. The number of hydrogen-bond acceptors (Lipinski definition) is 11. The second-order valence-corrected chi connectivity index (χ2v) is 8.54. The molecule has 15 heteroatoms. The number of esters is 1. The molecule has 1 aromatic carbocycles. The number of carbonyl (C=O) groups excluding carboxylic acids is 1. The third-order valence-corrected chi connectivity index (χ3v) is 6.08. The second-order valence-electron chi connectivity index (χ2n) is 7.13. The molecule has 1 unspecified atom stereocenters. The molecule has 0 bridgehead atoms. The fourth-order valence-corrected chi connectivity index (χ4v) is 4.63. The van der Waals surface area contributed by atoms with Crippen molar-refractivity contribution in [1.82, 2.24) is 19.5 Å². The first-order valence-electron chi connectivity index (χ1n) is 9.32. The van der Waals surface area contributed by atoms with Crippen molar-refractivity contribution in [2.45, 2.75) is 24.5 Å². The Labute approximate surface area is 178 Å². The van der Waals surface area contributed by atoms with E-state index in [2.05, 4.69) is 15.0 Å². The van der Waals surface area contributed by atoms with Crippen molar-refractivity contribution >= 4 is 36.6 Å². The third-order valence-electron chi connectivity index (χ3n) is 5.09. The highest BCUT2D eigenvalue weighted by molar-refractivity contribution is 7.47. The number of rotatable bonds is 3. The number of nitrogens with one attached hydrogen (secondary N) is 1. The zero-order valence-electron chi connectivity index (χ0n) is 16.2. The van der Waals surface area contributed by atoms with Gasteiger partial charge in [-0.25, -0.2) is 14.3 Å². The number of nitrogen functional groups attached to an aromatic ring is 2. The predicted molar refractivity (Wildman–Crippen MR) is 107 cm³/mol. The zero-order chi connectivity index (χ0) is 22.6. The minimum Gasteiger partial charge on any atom is -0.451 e. The Bertz CT molecular complexity index is 1320. The quantitative estimate of drug-likeness (QED) is 0.228. The normalized spacial score (nSPS) is 29.7. The van der Waals surface area contributed by atoms with Crippen LogP contribution < -0.4 is 17.0 Å². The summed E-state index contributed by atoms with van der Waals surface area (Å²) < 4.78 is 34.9. The van der Waals surface area contributed by atoms with Crippen LogP contribution in [0.2, 0.25) is 0 Å². The van der Waals surface area contributed by atoms with Crippen LogP contribution in [0, 0.1) is 0 Å². The highest BCUT2D eigenvalue weighted by Gasteiger charge is 2.55. The molecule has 14 nitrogen and oxygen atoms in total. The Morgan fingerprint density at radius 1 is 1.34 bits per heavy atom. The number of nitrogens with two attached hydrogens (primary N) is 2. The number of phosphoric ester groups is 1. The van der Waals surface area contributed by atoms with E-state index in [0.29, 0.717) is 0 Å². The molecule has 6 N–H and O–H groups in total. The average Bonchev–Trinajstić information content (AvgIpc) is 3.29. The van der Waals surface area contributed by atoms with Gasteiger partial charge in [-0.2, -0.15) is 4.98 Å². The highest BCUT2D eigenvalue weighted by Crippen LogP contribution is 2.53. The number of phosphoric acid groups is 1. The van der Waals surface area contributed by atoms with Gasteiger partial charge >= 0.3 is 13.8 Å². The van der Waals surface area contributed by atoms with E-state index in [0.717, 1.165) is 0 Å². The summed E-state index contributed by atoms with van der Waals surface area (Å²) >= 11 is 0. The van der Waals surface area contributed by atoms with Gasteiger partial charge in [-0.1, -0.05) is 12.1 Å². The number of hydrogen-bond donors (Lipinski definition) is 4. The smallest absolute Gasteiger partial charge is 0.451 e. The van der Waals surface area contributed by atoms with Crippen molar-refractivity contribution in [2.24, 2.45) is 0 Å². The summed E-state index contributed by atoms with van der Waals surface area (Å²) in [5, 5.41) is 0. The highest BCUT2D eigenvalue weighted by atomic mass is 31.2. The molecular formula is C17H17N6O8P. The monoisotopic (exact) mass is 464 g/mol. The molecule has 5 atom stereocenters. The van der Waals surface area contributed by atoms with Gasteiger partial charge in [0, 0.05) is 5.69 Å². The van der Waals surface area contributed by atoms with Crippen LogP contribution in [-0.4, -0.2) is 55.3 Å². The number of nitrogens with zero attached hydrogens (tertiary/aromatic N) is 3. The lowest BCUT2D eigenvalue weighted by atomic mass is 10.1. The molecule has 2 fully saturated rings. The van der Waals surface area contributed by atoms with Gasteiger partial charge in [0.15, 0.2) is 23.5 Å². The summed E-state index contributed by atoms with van der Waals surface area (Å²) in [5.74, 6) is -0.968. The molecule has 3 aromatic rings. The van der Waals surface area contributed by atoms with Crippen LogP contribution in [-0.2, 0) is 23.1 Å². The van der Waals surface area contributed by atoms with Gasteiger partial charge in [0.25, 0.3) is 5.56 Å². The largest absolute Gasteiger partial charge is 0.472 e. The molecule has 5 rings (SSSR count). The van der Waals surface area contributed by atoms with Gasteiger partial charge in [-0.3, -0.25) is 23.4 Å². The fraction of sp³-hybridized carbons (Fsp3) is 0.294. The van der Waals surface area contributed by atoms with Gasteiger partial charge in [-0.05, 0) is 12.1 Å². The van der Waals surface area contributed by atoms with Crippen LogP contribution in [0.5, 0.6) is 0 Å². The van der Waals surface area contributed by atoms with Crippen LogP contribution >= 0.6 is 7.82 Å². The maximum Gasteiger partial charge on any atom is 0.472 e. The molecule has 4 heterocycles. The Balaban J connectivity index is 1.57. The molecule has 2 aliphatic heterocycles.